The van der Waals surface area contributed by atoms with Crippen LogP contribution in [0.5, 0.6) is 0 Å². The Hall–Kier alpha value is -2.39. The van der Waals surface area contributed by atoms with Crippen molar-refractivity contribution in [3.8, 4) is 0 Å². The maximum absolute atomic E-state index is 13.2. The van der Waals surface area contributed by atoms with Gasteiger partial charge in [0.25, 0.3) is 0 Å². The molecule has 12 nitrogen and oxygen atoms in total. The second kappa shape index (κ2) is 38.8. The number of carboxylic acid groups (broad SMARTS) is 2. The number of aryl methyl sites for hydroxylation is 1. The average Bonchev–Trinajstić information content (AvgIpc) is 3.72. The van der Waals surface area contributed by atoms with E-state index in [1.54, 1.807) is 47.8 Å². The van der Waals surface area contributed by atoms with Crippen molar-refractivity contribution in [2.75, 3.05) is 41.9 Å². The number of hydrogen-bond acceptors (Lipinski definition) is 10. The molecule has 58 heavy (non-hydrogen) atoms. The van der Waals surface area contributed by atoms with E-state index < -0.39 is 18.0 Å². The Balaban J connectivity index is 2.35. The number of carbonyl (C=O) groups excluding carboxylic acids is 3. The van der Waals surface area contributed by atoms with Crippen LogP contribution >= 0.6 is 35.3 Å². The highest BCUT2D eigenvalue weighted by Crippen LogP contribution is 2.24. The van der Waals surface area contributed by atoms with E-state index in [0.29, 0.717) is 55.4 Å². The van der Waals surface area contributed by atoms with Crippen LogP contribution in [-0.4, -0.2) is 103 Å². The van der Waals surface area contributed by atoms with Crippen LogP contribution < -0.4 is 10.6 Å². The van der Waals surface area contributed by atoms with E-state index in [4.69, 9.17) is 14.9 Å². The van der Waals surface area contributed by atoms with Gasteiger partial charge in [-0.25, -0.2) is 4.98 Å². The van der Waals surface area contributed by atoms with Crippen molar-refractivity contribution >= 4 is 65.0 Å². The highest BCUT2D eigenvalue weighted by molar-refractivity contribution is 8.00. The third-order valence-corrected chi connectivity index (χ3v) is 13.2. The first-order valence-electron chi connectivity index (χ1n) is 22.1. The molecule has 1 heterocycles. The molecule has 0 aliphatic carbocycles. The topological polar surface area (TPSA) is 177 Å². The monoisotopic (exact) mass is 872 g/mol. The highest BCUT2D eigenvalue weighted by atomic mass is 32.2. The van der Waals surface area contributed by atoms with Gasteiger partial charge in [-0.05, 0) is 50.0 Å². The lowest BCUT2D eigenvalue weighted by atomic mass is 10.0. The number of thioether (sulfide) groups is 3. The Morgan fingerprint density at radius 3 is 1.90 bits per heavy atom. The van der Waals surface area contributed by atoms with E-state index in [0.717, 1.165) is 50.8 Å². The summed E-state index contributed by atoms with van der Waals surface area (Å²) < 4.78 is 7.40. The smallest absolute Gasteiger partial charge is 0.306 e. The molecule has 15 heteroatoms. The fourth-order valence-corrected chi connectivity index (χ4v) is 9.61. The molecule has 2 unspecified atom stereocenters. The SMILES string of the molecule is CCCCCCCCCCCCCCCCOC(=O)CCSCCC(NC(=O)CCCCC(CCSCCC(=O)O)SCCC(=O)O)C(=O)NCCCn1ccnc1. The van der Waals surface area contributed by atoms with Crippen molar-refractivity contribution in [2.45, 2.75) is 179 Å². The van der Waals surface area contributed by atoms with Gasteiger partial charge in [0.1, 0.15) is 6.04 Å². The van der Waals surface area contributed by atoms with Gasteiger partial charge in [-0.2, -0.15) is 35.3 Å². The zero-order valence-electron chi connectivity index (χ0n) is 35.5. The fourth-order valence-electron chi connectivity index (χ4n) is 6.32. The molecular formula is C43H76N4O8S3. The summed E-state index contributed by atoms with van der Waals surface area (Å²) in [6, 6.07) is -0.678. The molecule has 0 aromatic carbocycles. The van der Waals surface area contributed by atoms with E-state index in [-0.39, 0.29) is 42.3 Å². The van der Waals surface area contributed by atoms with Crippen LogP contribution in [0.15, 0.2) is 18.7 Å². The normalized spacial score (nSPS) is 12.2. The third kappa shape index (κ3) is 34.5. The molecule has 2 atom stereocenters. The molecule has 0 radical (unpaired) electrons. The maximum atomic E-state index is 13.2. The first-order valence-corrected chi connectivity index (χ1v) is 25.5. The van der Waals surface area contributed by atoms with Crippen molar-refractivity contribution in [2.24, 2.45) is 0 Å². The summed E-state index contributed by atoms with van der Waals surface area (Å²) in [5.41, 5.74) is 0. The van der Waals surface area contributed by atoms with E-state index in [9.17, 15) is 24.0 Å². The van der Waals surface area contributed by atoms with Crippen molar-refractivity contribution in [3.63, 3.8) is 0 Å². The van der Waals surface area contributed by atoms with Gasteiger partial charge < -0.3 is 30.2 Å². The molecule has 2 amide bonds. The maximum Gasteiger partial charge on any atom is 0.306 e. The second-order valence-corrected chi connectivity index (χ2v) is 18.8. The molecule has 0 bridgehead atoms. The van der Waals surface area contributed by atoms with Gasteiger partial charge in [-0.1, -0.05) is 96.8 Å². The molecule has 0 fully saturated rings. The number of carboxylic acids is 2. The molecule has 334 valence electrons. The van der Waals surface area contributed by atoms with Crippen LogP contribution in [0.3, 0.4) is 0 Å². The summed E-state index contributed by atoms with van der Waals surface area (Å²) in [4.78, 5) is 64.3. The Bertz CT molecular complexity index is 1190. The van der Waals surface area contributed by atoms with Gasteiger partial charge in [-0.3, -0.25) is 24.0 Å². The van der Waals surface area contributed by atoms with Gasteiger partial charge >= 0.3 is 17.9 Å². The first kappa shape index (κ1) is 53.6. The van der Waals surface area contributed by atoms with Crippen LogP contribution in [0.4, 0.5) is 0 Å². The molecule has 1 aromatic rings. The number of unbranched alkanes of at least 4 members (excludes halogenated alkanes) is 14. The molecule has 4 N–H and O–H groups in total. The summed E-state index contributed by atoms with van der Waals surface area (Å²) in [7, 11) is 0. The van der Waals surface area contributed by atoms with Crippen molar-refractivity contribution in [3.05, 3.63) is 18.7 Å². The summed E-state index contributed by atoms with van der Waals surface area (Å²) >= 11 is 4.79. The minimum Gasteiger partial charge on any atom is -0.481 e. The first-order chi connectivity index (χ1) is 28.2. The zero-order valence-corrected chi connectivity index (χ0v) is 37.9. The summed E-state index contributed by atoms with van der Waals surface area (Å²) in [6.07, 6.45) is 28.4. The van der Waals surface area contributed by atoms with Crippen LogP contribution in [0.1, 0.15) is 161 Å². The van der Waals surface area contributed by atoms with Gasteiger partial charge in [0, 0.05) is 54.4 Å². The number of nitrogens with zero attached hydrogens (tertiary/aromatic N) is 2. The van der Waals surface area contributed by atoms with Crippen LogP contribution in [0, 0.1) is 0 Å². The number of aromatic nitrogens is 2. The van der Waals surface area contributed by atoms with Crippen molar-refractivity contribution in [1.82, 2.24) is 20.2 Å². The minimum absolute atomic E-state index is 0.0880. The predicted octanol–water partition coefficient (Wildman–Crippen LogP) is 9.15. The molecule has 0 aliphatic rings. The lowest BCUT2D eigenvalue weighted by Crippen LogP contribution is -2.47. The van der Waals surface area contributed by atoms with Gasteiger partial charge in [-0.15, -0.1) is 0 Å². The van der Waals surface area contributed by atoms with Gasteiger partial charge in [0.15, 0.2) is 0 Å². The van der Waals surface area contributed by atoms with Gasteiger partial charge in [0.2, 0.25) is 11.8 Å². The van der Waals surface area contributed by atoms with Crippen LogP contribution in [0.2, 0.25) is 0 Å². The molecule has 1 rings (SSSR count). The number of imidazole rings is 1. The largest absolute Gasteiger partial charge is 0.481 e. The van der Waals surface area contributed by atoms with E-state index >= 15 is 0 Å². The van der Waals surface area contributed by atoms with Crippen molar-refractivity contribution in [1.29, 1.82) is 0 Å². The Morgan fingerprint density at radius 2 is 1.28 bits per heavy atom. The molecule has 0 saturated heterocycles. The number of aliphatic carboxylic acids is 2. The molecule has 0 aliphatic heterocycles. The molecule has 0 saturated carbocycles. The van der Waals surface area contributed by atoms with E-state index in [1.807, 2.05) is 10.8 Å². The number of esters is 1. The zero-order chi connectivity index (χ0) is 42.3. The molecule has 1 aromatic heterocycles. The molecule has 0 spiro atoms. The second-order valence-electron chi connectivity index (χ2n) is 15.0. The van der Waals surface area contributed by atoms with Crippen molar-refractivity contribution < 1.29 is 38.9 Å². The number of ether oxygens (including phenoxy) is 1. The lowest BCUT2D eigenvalue weighted by molar-refractivity contribution is -0.143. The Morgan fingerprint density at radius 1 is 0.672 bits per heavy atom. The number of hydrogen-bond donors (Lipinski definition) is 4. The lowest BCUT2D eigenvalue weighted by Gasteiger charge is -2.19. The van der Waals surface area contributed by atoms with Crippen LogP contribution in [0.25, 0.3) is 0 Å². The number of nitrogens with one attached hydrogen (secondary N) is 2. The minimum atomic E-state index is -0.831. The number of rotatable bonds is 42. The quantitative estimate of drug-likeness (QED) is 0.0363. The standard InChI is InChI=1S/C43H76N4O8S3/c1-2-3-4-5-6-7-8-9-10-11-12-13-14-17-30-55-42(53)25-34-57-32-22-38(43(54)45-26-18-28-47-29-27-44-36-47)46-39(48)20-16-15-19-37(58-35-24-41(51)52)21-31-56-33-23-40(49)50/h27,29,36-38H,2-26,28,30-35H2,1H3,(H,45,54)(H,46,48)(H,49,50)(H,51,52). The van der Waals surface area contributed by atoms with E-state index in [2.05, 4.69) is 22.5 Å². The highest BCUT2D eigenvalue weighted by Gasteiger charge is 2.21. The Kier molecular flexibility index (Phi) is 35.9. The number of amides is 2. The van der Waals surface area contributed by atoms with Gasteiger partial charge in [0.05, 0.1) is 32.2 Å². The predicted molar refractivity (Wildman–Crippen MR) is 241 cm³/mol. The summed E-state index contributed by atoms with van der Waals surface area (Å²) in [6.45, 7) is 3.92. The van der Waals surface area contributed by atoms with Crippen LogP contribution in [-0.2, 0) is 35.3 Å². The third-order valence-electron chi connectivity index (χ3n) is 9.76. The summed E-state index contributed by atoms with van der Waals surface area (Å²) in [5, 5.41) is 24.0. The fraction of sp³-hybridized carbons (Fsp3) is 0.814. The summed E-state index contributed by atoms with van der Waals surface area (Å²) in [5.74, 6) is 0.820. The average molecular weight is 873 g/mol. The Labute approximate surface area is 362 Å². The van der Waals surface area contributed by atoms with E-state index in [1.165, 1.54) is 77.0 Å². The number of carbonyl (C=O) groups is 5. The molecular weight excluding hydrogens is 797 g/mol.